The molecular weight excluding hydrogens is 663 g/mol. The summed E-state index contributed by atoms with van der Waals surface area (Å²) in [5, 5.41) is 14.8. The molecule has 12 heteroatoms. The first-order valence-electron chi connectivity index (χ1n) is 17.5. The van der Waals surface area contributed by atoms with E-state index in [0.29, 0.717) is 71.8 Å². The van der Waals surface area contributed by atoms with Crippen LogP contribution in [0.15, 0.2) is 48.5 Å². The Morgan fingerprint density at radius 3 is 2.67 bits per heavy atom. The van der Waals surface area contributed by atoms with Crippen LogP contribution in [-0.2, 0) is 19.7 Å². The van der Waals surface area contributed by atoms with Gasteiger partial charge in [0.15, 0.2) is 18.4 Å². The lowest BCUT2D eigenvalue weighted by Crippen LogP contribution is -2.57. The Labute approximate surface area is 302 Å². The van der Waals surface area contributed by atoms with Crippen molar-refractivity contribution in [2.24, 2.45) is 0 Å². The van der Waals surface area contributed by atoms with Gasteiger partial charge >= 0.3 is 6.09 Å². The van der Waals surface area contributed by atoms with E-state index in [0.717, 1.165) is 10.8 Å². The van der Waals surface area contributed by atoms with Crippen molar-refractivity contribution in [1.29, 1.82) is 5.26 Å². The highest BCUT2D eigenvalue weighted by atomic mass is 19.1. The minimum Gasteiger partial charge on any atom is -0.468 e. The normalized spacial score (nSPS) is 19.0. The molecule has 3 aliphatic heterocycles. The second kappa shape index (κ2) is 13.4. The van der Waals surface area contributed by atoms with Crippen molar-refractivity contribution in [2.45, 2.75) is 50.7 Å². The predicted molar refractivity (Wildman–Crippen MR) is 199 cm³/mol. The quantitative estimate of drug-likeness (QED) is 0.166. The number of amides is 2. The van der Waals surface area contributed by atoms with Gasteiger partial charge in [0.1, 0.15) is 16.9 Å². The van der Waals surface area contributed by atoms with Crippen LogP contribution in [0.2, 0.25) is 0 Å². The number of rotatable bonds is 7. The van der Waals surface area contributed by atoms with E-state index in [9.17, 15) is 14.9 Å². The van der Waals surface area contributed by atoms with E-state index in [1.54, 1.807) is 37.8 Å². The monoisotopic (exact) mass is 706 g/mol. The minimum atomic E-state index is -1.18. The average molecular weight is 707 g/mol. The van der Waals surface area contributed by atoms with Crippen molar-refractivity contribution >= 4 is 51.3 Å². The Morgan fingerprint density at radius 1 is 1.19 bits per heavy atom. The summed E-state index contributed by atoms with van der Waals surface area (Å²) < 4.78 is 34.5. The number of fused-ring (bicyclic) bond motifs is 5. The summed E-state index contributed by atoms with van der Waals surface area (Å²) in [5.41, 5.74) is 0.570. The first kappa shape index (κ1) is 35.2. The van der Waals surface area contributed by atoms with Crippen molar-refractivity contribution in [3.8, 4) is 22.9 Å². The number of benzene rings is 3. The maximum atomic E-state index is 17.8. The molecule has 0 aliphatic carbocycles. The highest BCUT2D eigenvalue weighted by Gasteiger charge is 2.53. The molecular formula is C40H43FN6O5. The molecule has 1 spiro atoms. The number of nitriles is 1. The van der Waals surface area contributed by atoms with Crippen LogP contribution in [0.5, 0.6) is 5.75 Å². The zero-order chi connectivity index (χ0) is 36.9. The number of piperidine rings is 1. The standard InChI is InChI=1S/C40H43FN6O5/c1-39(2,3)52-38(49)46-16-10-14-40(22-46)32-30-18-25(12-9-15-42)31(29-19-27(51-23-50-6)17-24-11-7-8-13-28(24)29)33(41)34(30)43-36(35(32)44-37(40)48)47-20-26(21-47)45(4)5/h7-9,11-13,17-19,26H,10,14,16,20-23H2,1-6H3,(H,44,48)/b12-9+. The SMILES string of the molecule is COCOc1cc(-c2c(/C=C/C#N)cc3c4c(c(N5CC(N(C)C)C5)nc3c2F)NC(=O)C42CCCN(C(=O)OC(C)(C)C)C2)c2ccccc2c1. The largest absolute Gasteiger partial charge is 0.468 e. The van der Waals surface area contributed by atoms with E-state index in [1.165, 1.54) is 13.2 Å². The van der Waals surface area contributed by atoms with Crippen LogP contribution in [0, 0.1) is 17.1 Å². The van der Waals surface area contributed by atoms with E-state index in [-0.39, 0.29) is 36.4 Å². The third kappa shape index (κ3) is 6.07. The second-order valence-corrected chi connectivity index (χ2v) is 15.0. The molecule has 7 rings (SSSR count). The summed E-state index contributed by atoms with van der Waals surface area (Å²) in [6, 6.07) is 15.4. The van der Waals surface area contributed by atoms with E-state index >= 15 is 4.39 Å². The fourth-order valence-electron chi connectivity index (χ4n) is 7.67. The lowest BCUT2D eigenvalue weighted by molar-refractivity contribution is -0.122. The number of nitrogens with zero attached hydrogens (tertiary/aromatic N) is 5. The van der Waals surface area contributed by atoms with Gasteiger partial charge in [-0.15, -0.1) is 0 Å². The zero-order valence-electron chi connectivity index (χ0n) is 30.4. The van der Waals surface area contributed by atoms with Gasteiger partial charge in [0.25, 0.3) is 0 Å². The summed E-state index contributed by atoms with van der Waals surface area (Å²) >= 11 is 0. The fourth-order valence-corrected chi connectivity index (χ4v) is 7.67. The van der Waals surface area contributed by atoms with Gasteiger partial charge in [-0.05, 0) is 93.9 Å². The van der Waals surface area contributed by atoms with E-state index in [1.807, 2.05) is 56.6 Å². The van der Waals surface area contributed by atoms with Gasteiger partial charge in [-0.1, -0.05) is 24.3 Å². The fraction of sp³-hybridized carbons (Fsp3) is 0.400. The molecule has 1 aromatic heterocycles. The molecule has 2 saturated heterocycles. The summed E-state index contributed by atoms with van der Waals surface area (Å²) in [5.74, 6) is 0.129. The van der Waals surface area contributed by atoms with Gasteiger partial charge in [-0.25, -0.2) is 14.2 Å². The summed E-state index contributed by atoms with van der Waals surface area (Å²) in [6.07, 6.45) is 3.37. The minimum absolute atomic E-state index is 0.00340. The first-order valence-corrected chi connectivity index (χ1v) is 17.5. The molecule has 3 aromatic carbocycles. The number of carbonyl (C=O) groups is 2. The van der Waals surface area contributed by atoms with Gasteiger partial charge < -0.3 is 34.2 Å². The van der Waals surface area contributed by atoms with Crippen LogP contribution in [0.1, 0.15) is 44.7 Å². The number of allylic oxidation sites excluding steroid dienone is 1. The number of ether oxygens (including phenoxy) is 3. The molecule has 3 aliphatic rings. The molecule has 0 radical (unpaired) electrons. The van der Waals surface area contributed by atoms with Crippen molar-refractivity contribution in [1.82, 2.24) is 14.8 Å². The Kier molecular flexibility index (Phi) is 9.05. The van der Waals surface area contributed by atoms with E-state index in [2.05, 4.69) is 15.1 Å². The van der Waals surface area contributed by atoms with Gasteiger partial charge in [0.2, 0.25) is 5.91 Å². The first-order chi connectivity index (χ1) is 24.8. The highest BCUT2D eigenvalue weighted by molar-refractivity contribution is 6.15. The van der Waals surface area contributed by atoms with Gasteiger partial charge in [0.05, 0.1) is 17.2 Å². The van der Waals surface area contributed by atoms with E-state index < -0.39 is 22.9 Å². The maximum absolute atomic E-state index is 17.8. The molecule has 2 fully saturated rings. The van der Waals surface area contributed by atoms with Crippen LogP contribution in [0.25, 0.3) is 38.9 Å². The molecule has 4 aromatic rings. The summed E-state index contributed by atoms with van der Waals surface area (Å²) in [6.45, 7) is 7.20. The van der Waals surface area contributed by atoms with Crippen molar-refractivity contribution in [3.05, 3.63) is 65.5 Å². The second-order valence-electron chi connectivity index (χ2n) is 15.0. The number of likely N-dealkylation sites (tertiary alicyclic amines) is 1. The third-order valence-corrected chi connectivity index (χ3v) is 10.2. The van der Waals surface area contributed by atoms with Gasteiger partial charge in [-0.3, -0.25) is 4.79 Å². The molecule has 1 atom stereocenters. The van der Waals surface area contributed by atoms with Crippen LogP contribution in [0.4, 0.5) is 20.7 Å². The molecule has 1 unspecified atom stereocenters. The predicted octanol–water partition coefficient (Wildman–Crippen LogP) is 6.68. The molecule has 1 N–H and O–H groups in total. The Bertz CT molecular complexity index is 2170. The molecule has 270 valence electrons. The molecule has 11 nitrogen and oxygen atoms in total. The number of halogens is 1. The molecule has 4 heterocycles. The van der Waals surface area contributed by atoms with E-state index in [4.69, 9.17) is 19.2 Å². The summed E-state index contributed by atoms with van der Waals surface area (Å²) in [7, 11) is 5.56. The Hall–Kier alpha value is -5.25. The topological polar surface area (TPSA) is 120 Å². The smallest absolute Gasteiger partial charge is 0.410 e. The van der Waals surface area contributed by atoms with Crippen LogP contribution in [0.3, 0.4) is 0 Å². The molecule has 0 bridgehead atoms. The summed E-state index contributed by atoms with van der Waals surface area (Å²) in [4.78, 5) is 38.6. The number of pyridine rings is 1. The number of carbonyl (C=O) groups excluding carboxylic acids is 2. The maximum Gasteiger partial charge on any atom is 0.410 e. The molecule has 52 heavy (non-hydrogen) atoms. The van der Waals surface area contributed by atoms with Crippen LogP contribution >= 0.6 is 0 Å². The third-order valence-electron chi connectivity index (χ3n) is 10.2. The van der Waals surface area contributed by atoms with Crippen molar-refractivity contribution in [2.75, 3.05) is 64.4 Å². The van der Waals surface area contributed by atoms with Crippen molar-refractivity contribution in [3.63, 3.8) is 0 Å². The Morgan fingerprint density at radius 2 is 1.96 bits per heavy atom. The zero-order valence-corrected chi connectivity index (χ0v) is 30.4. The number of anilines is 2. The lowest BCUT2D eigenvalue weighted by Gasteiger charge is -2.44. The number of likely N-dealkylation sites (N-methyl/N-ethyl adjacent to an activating group) is 1. The average Bonchev–Trinajstić information content (AvgIpc) is 3.35. The van der Waals surface area contributed by atoms with Gasteiger partial charge in [-0.2, -0.15) is 5.26 Å². The lowest BCUT2D eigenvalue weighted by atomic mass is 9.73. The Balaban J connectivity index is 1.50. The molecule has 0 saturated carbocycles. The highest BCUT2D eigenvalue weighted by Crippen LogP contribution is 2.52. The van der Waals surface area contributed by atoms with Gasteiger partial charge in [0, 0.05) is 61.9 Å². The number of nitrogens with one attached hydrogen (secondary N) is 1. The number of methoxy groups -OCH3 is 1. The van der Waals surface area contributed by atoms with Crippen LogP contribution < -0.4 is 15.0 Å². The number of aromatic nitrogens is 1. The number of hydrogen-bond acceptors (Lipinski definition) is 9. The van der Waals surface area contributed by atoms with Crippen molar-refractivity contribution < 1.29 is 28.2 Å². The number of hydrogen-bond donors (Lipinski definition) is 1. The molecule has 2 amide bonds. The van der Waals surface area contributed by atoms with Crippen LogP contribution in [-0.4, -0.2) is 92.6 Å².